The zero-order valence-electron chi connectivity index (χ0n) is 26.5. The summed E-state index contributed by atoms with van der Waals surface area (Å²) in [6.07, 6.45) is 4.79. The van der Waals surface area contributed by atoms with Gasteiger partial charge in [0.1, 0.15) is 5.82 Å². The van der Waals surface area contributed by atoms with Gasteiger partial charge < -0.3 is 19.9 Å². The number of aliphatic carboxylic acids is 1. The fourth-order valence-corrected chi connectivity index (χ4v) is 8.48. The average Bonchev–Trinajstić information content (AvgIpc) is 3.77. The maximum absolute atomic E-state index is 15.8. The number of methoxy groups -OCH3 is 1. The molecule has 2 aromatic carbocycles. The number of carbonyl (C=O) groups is 3. The quantitative estimate of drug-likeness (QED) is 0.233. The minimum Gasteiger partial charge on any atom is -0.481 e. The number of ketones is 1. The lowest BCUT2D eigenvalue weighted by Gasteiger charge is -2.51. The molecule has 1 aliphatic carbocycles. The van der Waals surface area contributed by atoms with Crippen LogP contribution >= 0.6 is 22.9 Å². The van der Waals surface area contributed by atoms with Crippen molar-refractivity contribution in [2.24, 2.45) is 5.92 Å². The summed E-state index contributed by atoms with van der Waals surface area (Å²) in [5, 5.41) is 15.0. The van der Waals surface area contributed by atoms with Crippen molar-refractivity contribution >= 4 is 56.4 Å². The largest absolute Gasteiger partial charge is 0.481 e. The van der Waals surface area contributed by atoms with Gasteiger partial charge in [0.05, 0.1) is 34.4 Å². The number of fused-ring (bicyclic) bond motifs is 1. The highest BCUT2D eigenvalue weighted by Crippen LogP contribution is 2.38. The number of carboxylic acids is 1. The Balaban J connectivity index is 1.28. The number of hydrogen-bond donors (Lipinski definition) is 2. The molecule has 1 saturated carbocycles. The van der Waals surface area contributed by atoms with Gasteiger partial charge in [-0.25, -0.2) is 4.39 Å². The third-order valence-electron chi connectivity index (χ3n) is 9.85. The second kappa shape index (κ2) is 14.7. The Hall–Kier alpha value is -2.93. The summed E-state index contributed by atoms with van der Waals surface area (Å²) in [5.74, 6) is -4.04. The van der Waals surface area contributed by atoms with E-state index in [0.29, 0.717) is 57.4 Å². The average molecular weight is 686 g/mol. The van der Waals surface area contributed by atoms with Crippen LogP contribution in [-0.4, -0.2) is 83.9 Å². The Morgan fingerprint density at radius 1 is 1.02 bits per heavy atom. The lowest BCUT2D eigenvalue weighted by Crippen LogP contribution is -2.70. The standard InChI is InChI=1S/C35H41ClFN3O6S/c1-45-25-7-6-16-40(20-25)35(39-14-4-5-15-39,46-24-12-10-22(11-13-24)34(43)44)32(41)18-23-17-28(36)30(19-29(23)37)38-33(42)27-21-47-31-9-3-2-8-26(27)31/h2-3,8-9,17,19,21-22,24-25H,4-7,10-16,18,20H2,1H3,(H,38,42)(H,43,44)/t22-,24-,25-,35?/m1/s1. The molecule has 1 aromatic heterocycles. The molecular weight excluding hydrogens is 645 g/mol. The number of carboxylic acid groups (broad SMARTS) is 1. The van der Waals surface area contributed by atoms with E-state index in [9.17, 15) is 19.5 Å². The van der Waals surface area contributed by atoms with E-state index in [1.54, 1.807) is 12.5 Å². The van der Waals surface area contributed by atoms with Gasteiger partial charge in [-0.15, -0.1) is 11.3 Å². The molecule has 252 valence electrons. The molecule has 6 rings (SSSR count). The normalized spacial score (nSPS) is 23.9. The molecular formula is C35H41ClFN3O6S. The van der Waals surface area contributed by atoms with Crippen LogP contribution in [0.4, 0.5) is 10.1 Å². The first-order valence-electron chi connectivity index (χ1n) is 16.4. The molecule has 0 bridgehead atoms. The number of amides is 1. The molecule has 1 unspecified atom stereocenters. The van der Waals surface area contributed by atoms with Gasteiger partial charge in [-0.3, -0.25) is 24.2 Å². The van der Waals surface area contributed by atoms with Crippen molar-refractivity contribution in [3.05, 3.63) is 63.7 Å². The van der Waals surface area contributed by atoms with E-state index < -0.39 is 29.5 Å². The van der Waals surface area contributed by atoms with Gasteiger partial charge in [0.25, 0.3) is 5.91 Å². The summed E-state index contributed by atoms with van der Waals surface area (Å²) in [4.78, 5) is 43.7. The lowest BCUT2D eigenvalue weighted by molar-refractivity contribution is -0.264. The van der Waals surface area contributed by atoms with Crippen LogP contribution in [0.5, 0.6) is 0 Å². The Morgan fingerprint density at radius 3 is 2.47 bits per heavy atom. The molecule has 3 heterocycles. The maximum Gasteiger partial charge on any atom is 0.306 e. The fraction of sp³-hybridized carbons (Fsp3) is 0.514. The van der Waals surface area contributed by atoms with Crippen molar-refractivity contribution < 1.29 is 33.4 Å². The maximum atomic E-state index is 15.8. The highest BCUT2D eigenvalue weighted by atomic mass is 35.5. The first kappa shape index (κ1) is 34.0. The third kappa shape index (κ3) is 7.11. The Kier molecular flexibility index (Phi) is 10.6. The van der Waals surface area contributed by atoms with Crippen molar-refractivity contribution in [3.8, 4) is 0 Å². The van der Waals surface area contributed by atoms with Gasteiger partial charge in [-0.05, 0) is 75.1 Å². The Bertz CT molecular complexity index is 1620. The van der Waals surface area contributed by atoms with Crippen molar-refractivity contribution in [1.82, 2.24) is 9.80 Å². The molecule has 2 saturated heterocycles. The summed E-state index contributed by atoms with van der Waals surface area (Å²) in [6, 6.07) is 10.1. The van der Waals surface area contributed by atoms with E-state index in [-0.39, 0.29) is 40.7 Å². The number of rotatable bonds is 11. The van der Waals surface area contributed by atoms with Crippen LogP contribution in [0.25, 0.3) is 10.1 Å². The highest BCUT2D eigenvalue weighted by molar-refractivity contribution is 7.17. The zero-order valence-corrected chi connectivity index (χ0v) is 28.1. The fourth-order valence-electron chi connectivity index (χ4n) is 7.30. The van der Waals surface area contributed by atoms with Crippen molar-refractivity contribution in [2.75, 3.05) is 38.6 Å². The molecule has 3 aromatic rings. The zero-order chi connectivity index (χ0) is 33.1. The third-order valence-corrected chi connectivity index (χ3v) is 11.1. The number of anilines is 1. The number of ether oxygens (including phenoxy) is 2. The number of piperidine rings is 1. The van der Waals surface area contributed by atoms with Gasteiger partial charge in [0.2, 0.25) is 5.85 Å². The van der Waals surface area contributed by atoms with Crippen LogP contribution in [0.2, 0.25) is 5.02 Å². The molecule has 9 nitrogen and oxygen atoms in total. The Morgan fingerprint density at radius 2 is 1.74 bits per heavy atom. The predicted octanol–water partition coefficient (Wildman–Crippen LogP) is 6.58. The Labute approximate surface area is 283 Å². The number of benzene rings is 2. The summed E-state index contributed by atoms with van der Waals surface area (Å²) >= 11 is 8.07. The lowest BCUT2D eigenvalue weighted by atomic mass is 9.87. The molecule has 2 atom stereocenters. The van der Waals surface area contributed by atoms with E-state index in [4.69, 9.17) is 21.1 Å². The van der Waals surface area contributed by atoms with Crippen LogP contribution in [0.1, 0.15) is 67.3 Å². The van der Waals surface area contributed by atoms with Gasteiger partial charge in [0.15, 0.2) is 5.78 Å². The smallest absolute Gasteiger partial charge is 0.306 e. The first-order valence-corrected chi connectivity index (χ1v) is 17.7. The topological polar surface area (TPSA) is 108 Å². The number of likely N-dealkylation sites (tertiary alicyclic amines) is 2. The molecule has 1 amide bonds. The predicted molar refractivity (Wildman–Crippen MR) is 180 cm³/mol. The number of Topliss-reactive ketones (excluding diaryl/α,β-unsaturated/α-hetero) is 1. The molecule has 3 fully saturated rings. The molecule has 3 aliphatic rings. The highest BCUT2D eigenvalue weighted by Gasteiger charge is 2.53. The summed E-state index contributed by atoms with van der Waals surface area (Å²) in [5.41, 5.74) is 0.708. The molecule has 2 N–H and O–H groups in total. The SMILES string of the molecule is CO[C@@H]1CCCN(C(O[C@H]2CC[C@H](C(=O)O)CC2)(C(=O)Cc2cc(Cl)c(NC(=O)c3csc4ccccc34)cc2F)N2CCCC2)C1. The van der Waals surface area contributed by atoms with E-state index in [1.807, 2.05) is 24.3 Å². The van der Waals surface area contributed by atoms with Gasteiger partial charge in [-0.1, -0.05) is 29.8 Å². The number of halogens is 2. The van der Waals surface area contributed by atoms with Gasteiger partial charge in [-0.2, -0.15) is 0 Å². The summed E-state index contributed by atoms with van der Waals surface area (Å²) in [6.45, 7) is 2.39. The number of thiophene rings is 1. The second-order valence-electron chi connectivity index (χ2n) is 12.8. The van der Waals surface area contributed by atoms with Crippen LogP contribution < -0.4 is 5.32 Å². The molecule has 2 aliphatic heterocycles. The van der Waals surface area contributed by atoms with Crippen LogP contribution in [0.3, 0.4) is 0 Å². The van der Waals surface area contributed by atoms with E-state index in [2.05, 4.69) is 15.1 Å². The van der Waals surface area contributed by atoms with Crippen LogP contribution in [0, 0.1) is 11.7 Å². The minimum atomic E-state index is -1.46. The minimum absolute atomic E-state index is 0.0840. The number of nitrogens with one attached hydrogen (secondary N) is 1. The van der Waals surface area contributed by atoms with Crippen molar-refractivity contribution in [3.63, 3.8) is 0 Å². The number of carbonyl (C=O) groups excluding carboxylic acids is 2. The van der Waals surface area contributed by atoms with Crippen LogP contribution in [-0.2, 0) is 25.5 Å². The van der Waals surface area contributed by atoms with Crippen molar-refractivity contribution in [1.29, 1.82) is 0 Å². The summed E-state index contributed by atoms with van der Waals surface area (Å²) in [7, 11) is 1.67. The van der Waals surface area contributed by atoms with Crippen LogP contribution in [0.15, 0.2) is 41.8 Å². The first-order chi connectivity index (χ1) is 22.7. The molecule has 47 heavy (non-hydrogen) atoms. The second-order valence-corrected chi connectivity index (χ2v) is 14.1. The van der Waals surface area contributed by atoms with E-state index in [1.165, 1.54) is 23.5 Å². The van der Waals surface area contributed by atoms with E-state index in [0.717, 1.165) is 35.8 Å². The van der Waals surface area contributed by atoms with E-state index >= 15 is 4.39 Å². The number of nitrogens with zero attached hydrogens (tertiary/aromatic N) is 2. The van der Waals surface area contributed by atoms with Crippen molar-refractivity contribution in [2.45, 2.75) is 75.8 Å². The molecule has 12 heteroatoms. The van der Waals surface area contributed by atoms with Gasteiger partial charge >= 0.3 is 5.97 Å². The molecule has 0 spiro atoms. The monoisotopic (exact) mass is 685 g/mol. The van der Waals surface area contributed by atoms with Gasteiger partial charge in [0, 0.05) is 55.2 Å². The summed E-state index contributed by atoms with van der Waals surface area (Å²) < 4.78 is 29.5. The molecule has 0 radical (unpaired) electrons. The number of hydrogen-bond acceptors (Lipinski definition) is 8.